The predicted molar refractivity (Wildman–Crippen MR) is 83.1 cm³/mol. The lowest BCUT2D eigenvalue weighted by Gasteiger charge is -2.07. The lowest BCUT2D eigenvalue weighted by molar-refractivity contribution is 0.469. The Morgan fingerprint density at radius 1 is 1.43 bits per heavy atom. The Bertz CT molecular complexity index is 650. The van der Waals surface area contributed by atoms with Gasteiger partial charge >= 0.3 is 0 Å². The van der Waals surface area contributed by atoms with Crippen molar-refractivity contribution in [2.45, 2.75) is 45.2 Å². The van der Waals surface area contributed by atoms with Gasteiger partial charge in [0.05, 0.1) is 5.69 Å². The van der Waals surface area contributed by atoms with Gasteiger partial charge in [0.1, 0.15) is 16.6 Å². The van der Waals surface area contributed by atoms with Crippen LogP contribution in [0.2, 0.25) is 0 Å². The molecule has 1 fully saturated rings. The van der Waals surface area contributed by atoms with E-state index in [4.69, 9.17) is 0 Å². The van der Waals surface area contributed by atoms with Crippen LogP contribution in [-0.4, -0.2) is 16.1 Å². The van der Waals surface area contributed by atoms with E-state index in [-0.39, 0.29) is 5.75 Å². The number of hydrogen-bond donors (Lipinski definition) is 2. The Balaban J connectivity index is 1.93. The largest absolute Gasteiger partial charge is 0.508 e. The number of aromatic hydroxyl groups is 1. The van der Waals surface area contributed by atoms with Crippen molar-refractivity contribution >= 4 is 11.3 Å². The van der Waals surface area contributed by atoms with E-state index in [9.17, 15) is 9.50 Å². The van der Waals surface area contributed by atoms with Crippen molar-refractivity contribution in [3.63, 3.8) is 0 Å². The van der Waals surface area contributed by atoms with Crippen LogP contribution in [0.4, 0.5) is 4.39 Å². The standard InChI is InChI=1S/C16H19FN2OS/c1-9(2)18-8-14-15(10-3-4-10)19-16(21-14)12-6-5-11(20)7-13(12)17/h5-7,9-10,18,20H,3-4,8H2,1-2H3. The Kier molecular flexibility index (Phi) is 3.95. The number of rotatable bonds is 5. The number of halogens is 1. The molecule has 1 aromatic carbocycles. The van der Waals surface area contributed by atoms with Crippen molar-refractivity contribution in [3.05, 3.63) is 34.6 Å². The molecule has 0 unspecified atom stereocenters. The summed E-state index contributed by atoms with van der Waals surface area (Å²) in [6.45, 7) is 5.00. The number of nitrogens with zero attached hydrogens (tertiary/aromatic N) is 1. The summed E-state index contributed by atoms with van der Waals surface area (Å²) in [5, 5.41) is 13.4. The summed E-state index contributed by atoms with van der Waals surface area (Å²) in [5.74, 6) is 0.0607. The van der Waals surface area contributed by atoms with E-state index in [1.54, 1.807) is 17.4 Å². The molecule has 3 nitrogen and oxygen atoms in total. The predicted octanol–water partition coefficient (Wildman–Crippen LogP) is 4.03. The number of hydrogen-bond acceptors (Lipinski definition) is 4. The van der Waals surface area contributed by atoms with Crippen molar-refractivity contribution in [1.29, 1.82) is 0 Å². The maximum absolute atomic E-state index is 14.0. The van der Waals surface area contributed by atoms with Crippen molar-refractivity contribution in [2.24, 2.45) is 0 Å². The summed E-state index contributed by atoms with van der Waals surface area (Å²) in [7, 11) is 0. The van der Waals surface area contributed by atoms with Crippen LogP contribution >= 0.6 is 11.3 Å². The molecule has 2 aromatic rings. The average molecular weight is 306 g/mol. The van der Waals surface area contributed by atoms with Gasteiger partial charge in [-0.25, -0.2) is 9.37 Å². The first-order chi connectivity index (χ1) is 10.0. The van der Waals surface area contributed by atoms with Crippen LogP contribution in [0.1, 0.15) is 43.2 Å². The normalized spacial score (nSPS) is 14.9. The zero-order valence-corrected chi connectivity index (χ0v) is 13.0. The SMILES string of the molecule is CC(C)NCc1sc(-c2ccc(O)cc2F)nc1C1CC1. The highest BCUT2D eigenvalue weighted by Crippen LogP contribution is 2.44. The first kappa shape index (κ1) is 14.5. The summed E-state index contributed by atoms with van der Waals surface area (Å²) in [6, 6.07) is 4.65. The van der Waals surface area contributed by atoms with E-state index >= 15 is 0 Å². The van der Waals surface area contributed by atoms with Crippen molar-refractivity contribution in [2.75, 3.05) is 0 Å². The molecular formula is C16H19FN2OS. The fourth-order valence-electron chi connectivity index (χ4n) is 2.26. The molecule has 2 N–H and O–H groups in total. The van der Waals surface area contributed by atoms with Gasteiger partial charge in [-0.05, 0) is 25.0 Å². The summed E-state index contributed by atoms with van der Waals surface area (Å²) in [5.41, 5.74) is 1.59. The lowest BCUT2D eigenvalue weighted by atomic mass is 10.2. The highest BCUT2D eigenvalue weighted by molar-refractivity contribution is 7.15. The number of nitrogens with one attached hydrogen (secondary N) is 1. The number of aromatic nitrogens is 1. The molecule has 3 rings (SSSR count). The molecule has 0 amide bonds. The Hall–Kier alpha value is -1.46. The molecule has 0 radical (unpaired) electrons. The lowest BCUT2D eigenvalue weighted by Crippen LogP contribution is -2.21. The molecule has 1 aliphatic rings. The average Bonchev–Trinajstić information content (AvgIpc) is 3.17. The summed E-state index contributed by atoms with van der Waals surface area (Å²) < 4.78 is 14.0. The molecule has 0 atom stereocenters. The molecule has 1 saturated carbocycles. The molecular weight excluding hydrogens is 287 g/mol. The first-order valence-electron chi connectivity index (χ1n) is 7.26. The van der Waals surface area contributed by atoms with Crippen LogP contribution in [0.5, 0.6) is 5.75 Å². The van der Waals surface area contributed by atoms with Crippen LogP contribution in [0, 0.1) is 5.82 Å². The summed E-state index contributed by atoms with van der Waals surface area (Å²) in [4.78, 5) is 5.87. The number of phenols is 1. The minimum Gasteiger partial charge on any atom is -0.508 e. The number of benzene rings is 1. The van der Waals surface area contributed by atoms with E-state index in [2.05, 4.69) is 24.1 Å². The Morgan fingerprint density at radius 2 is 2.19 bits per heavy atom. The maximum atomic E-state index is 14.0. The fraction of sp³-hybridized carbons (Fsp3) is 0.438. The van der Waals surface area contributed by atoms with E-state index in [0.29, 0.717) is 22.5 Å². The minimum absolute atomic E-state index is 0.0584. The van der Waals surface area contributed by atoms with Crippen LogP contribution in [-0.2, 0) is 6.54 Å². The molecule has 0 spiro atoms. The molecule has 0 bridgehead atoms. The van der Waals surface area contributed by atoms with Crippen LogP contribution in [0.3, 0.4) is 0 Å². The molecule has 21 heavy (non-hydrogen) atoms. The summed E-state index contributed by atoms with van der Waals surface area (Å²) >= 11 is 1.55. The summed E-state index contributed by atoms with van der Waals surface area (Å²) in [6.07, 6.45) is 2.35. The molecule has 5 heteroatoms. The van der Waals surface area contributed by atoms with Crippen molar-refractivity contribution in [3.8, 4) is 16.3 Å². The van der Waals surface area contributed by atoms with Gasteiger partial charge in [-0.3, -0.25) is 0 Å². The van der Waals surface area contributed by atoms with Crippen LogP contribution in [0.15, 0.2) is 18.2 Å². The van der Waals surface area contributed by atoms with Gasteiger partial charge in [0.25, 0.3) is 0 Å². The van der Waals surface area contributed by atoms with E-state index in [1.165, 1.54) is 23.8 Å². The smallest absolute Gasteiger partial charge is 0.137 e. The third kappa shape index (κ3) is 3.24. The zero-order valence-electron chi connectivity index (χ0n) is 12.2. The molecule has 1 aromatic heterocycles. The molecule has 0 saturated heterocycles. The quantitative estimate of drug-likeness (QED) is 0.876. The molecule has 1 heterocycles. The fourth-order valence-corrected chi connectivity index (χ4v) is 3.38. The monoisotopic (exact) mass is 306 g/mol. The first-order valence-corrected chi connectivity index (χ1v) is 8.08. The molecule has 112 valence electrons. The highest BCUT2D eigenvalue weighted by atomic mass is 32.1. The highest BCUT2D eigenvalue weighted by Gasteiger charge is 2.30. The van der Waals surface area contributed by atoms with Gasteiger partial charge in [-0.15, -0.1) is 11.3 Å². The second-order valence-corrected chi connectivity index (χ2v) is 6.89. The topological polar surface area (TPSA) is 45.1 Å². The van der Waals surface area contributed by atoms with Gasteiger partial charge in [-0.1, -0.05) is 13.8 Å². The van der Waals surface area contributed by atoms with E-state index < -0.39 is 5.82 Å². The van der Waals surface area contributed by atoms with Gasteiger partial charge in [-0.2, -0.15) is 0 Å². The maximum Gasteiger partial charge on any atom is 0.137 e. The second kappa shape index (κ2) is 5.73. The third-order valence-electron chi connectivity index (χ3n) is 3.55. The van der Waals surface area contributed by atoms with Crippen molar-refractivity contribution < 1.29 is 9.50 Å². The second-order valence-electron chi connectivity index (χ2n) is 5.80. The van der Waals surface area contributed by atoms with Crippen LogP contribution in [0.25, 0.3) is 10.6 Å². The molecule has 1 aliphatic carbocycles. The van der Waals surface area contributed by atoms with E-state index in [0.717, 1.165) is 18.3 Å². The molecule has 0 aliphatic heterocycles. The van der Waals surface area contributed by atoms with Gasteiger partial charge in [0.15, 0.2) is 0 Å². The minimum atomic E-state index is -0.422. The van der Waals surface area contributed by atoms with Gasteiger partial charge < -0.3 is 10.4 Å². The van der Waals surface area contributed by atoms with Crippen LogP contribution < -0.4 is 5.32 Å². The van der Waals surface area contributed by atoms with Gasteiger partial charge in [0.2, 0.25) is 0 Å². The number of phenolic OH excluding ortho intramolecular Hbond substituents is 1. The third-order valence-corrected chi connectivity index (χ3v) is 4.65. The number of thiazole rings is 1. The van der Waals surface area contributed by atoms with Gasteiger partial charge in [0, 0.05) is 35.0 Å². The Labute approximate surface area is 127 Å². The zero-order chi connectivity index (χ0) is 15.0. The van der Waals surface area contributed by atoms with Crippen molar-refractivity contribution in [1.82, 2.24) is 10.3 Å². The Morgan fingerprint density at radius 3 is 2.81 bits per heavy atom. The van der Waals surface area contributed by atoms with E-state index in [1.807, 2.05) is 0 Å².